The molecule has 0 spiro atoms. The SMILES string of the molecule is CC(C)[C@H](NC(=O)OCc1ccccc1)C(=O)NCCOCCOCCOc1ccc(C=O)cc1. The highest BCUT2D eigenvalue weighted by atomic mass is 16.6. The minimum absolute atomic E-state index is 0.112. The van der Waals surface area contributed by atoms with Crippen LogP contribution in [0, 0.1) is 5.92 Å². The van der Waals surface area contributed by atoms with Crippen molar-refractivity contribution in [1.29, 1.82) is 0 Å². The van der Waals surface area contributed by atoms with Gasteiger partial charge in [-0.3, -0.25) is 9.59 Å². The van der Waals surface area contributed by atoms with E-state index in [4.69, 9.17) is 18.9 Å². The van der Waals surface area contributed by atoms with E-state index in [0.717, 1.165) is 11.8 Å². The molecule has 0 aromatic heterocycles. The molecule has 0 aliphatic heterocycles. The molecule has 0 saturated heterocycles. The molecular weight excluding hydrogens is 452 g/mol. The van der Waals surface area contributed by atoms with Gasteiger partial charge in [0.05, 0.1) is 26.4 Å². The molecule has 0 radical (unpaired) electrons. The van der Waals surface area contributed by atoms with Gasteiger partial charge in [-0.25, -0.2) is 4.79 Å². The summed E-state index contributed by atoms with van der Waals surface area (Å²) in [5, 5.41) is 5.39. The molecule has 9 nitrogen and oxygen atoms in total. The number of carbonyl (C=O) groups excluding carboxylic acids is 3. The molecule has 0 bridgehead atoms. The van der Waals surface area contributed by atoms with Crippen molar-refractivity contribution in [3.8, 4) is 5.75 Å². The summed E-state index contributed by atoms with van der Waals surface area (Å²) in [5.74, 6) is 0.262. The molecule has 0 fully saturated rings. The first kappa shape index (κ1) is 27.8. The van der Waals surface area contributed by atoms with Crippen molar-refractivity contribution >= 4 is 18.3 Å². The molecule has 2 aromatic carbocycles. The standard InChI is InChI=1S/C26H34N2O7/c1-20(2)24(28-26(31)35-19-22-6-4-3-5-7-22)25(30)27-12-13-32-14-15-33-16-17-34-23-10-8-21(18-29)9-11-23/h3-11,18,20,24H,12-17,19H2,1-2H3,(H,27,30)(H,28,31)/t24-/m0/s1. The maximum atomic E-state index is 12.5. The second kappa shape index (κ2) is 16.2. The van der Waals surface area contributed by atoms with Gasteiger partial charge in [0.25, 0.3) is 0 Å². The molecule has 0 heterocycles. The van der Waals surface area contributed by atoms with Crippen LogP contribution in [0.5, 0.6) is 5.75 Å². The molecule has 35 heavy (non-hydrogen) atoms. The summed E-state index contributed by atoms with van der Waals surface area (Å²) >= 11 is 0. The van der Waals surface area contributed by atoms with Crippen molar-refractivity contribution in [3.05, 3.63) is 65.7 Å². The van der Waals surface area contributed by atoms with Crippen molar-refractivity contribution in [2.45, 2.75) is 26.5 Å². The van der Waals surface area contributed by atoms with Gasteiger partial charge in [0.1, 0.15) is 31.3 Å². The number of alkyl carbamates (subject to hydrolysis) is 1. The Bertz CT molecular complexity index is 888. The largest absolute Gasteiger partial charge is 0.491 e. The Labute approximate surface area is 206 Å². The Kier molecular flexibility index (Phi) is 12.9. The third kappa shape index (κ3) is 11.5. The molecule has 9 heteroatoms. The summed E-state index contributed by atoms with van der Waals surface area (Å²) in [5.41, 5.74) is 1.46. The third-order valence-corrected chi connectivity index (χ3v) is 4.87. The predicted molar refractivity (Wildman–Crippen MR) is 130 cm³/mol. The lowest BCUT2D eigenvalue weighted by molar-refractivity contribution is -0.124. The number of ether oxygens (including phenoxy) is 4. The highest BCUT2D eigenvalue weighted by Crippen LogP contribution is 2.10. The lowest BCUT2D eigenvalue weighted by atomic mass is 10.0. The van der Waals surface area contributed by atoms with Gasteiger partial charge in [-0.05, 0) is 35.7 Å². The molecule has 1 atom stereocenters. The van der Waals surface area contributed by atoms with E-state index in [1.165, 1.54) is 0 Å². The van der Waals surface area contributed by atoms with E-state index in [1.807, 2.05) is 44.2 Å². The zero-order valence-corrected chi connectivity index (χ0v) is 20.2. The normalized spacial score (nSPS) is 11.5. The Morgan fingerprint density at radius 3 is 2.20 bits per heavy atom. The minimum atomic E-state index is -0.712. The van der Waals surface area contributed by atoms with Crippen LogP contribution in [0.15, 0.2) is 54.6 Å². The zero-order chi connectivity index (χ0) is 25.3. The monoisotopic (exact) mass is 486 g/mol. The van der Waals surface area contributed by atoms with Gasteiger partial charge in [-0.15, -0.1) is 0 Å². The molecule has 2 aromatic rings. The number of hydrogen-bond acceptors (Lipinski definition) is 7. The van der Waals surface area contributed by atoms with Gasteiger partial charge in [-0.1, -0.05) is 44.2 Å². The van der Waals surface area contributed by atoms with E-state index < -0.39 is 12.1 Å². The maximum absolute atomic E-state index is 12.5. The second-order valence-electron chi connectivity index (χ2n) is 7.98. The summed E-state index contributed by atoms with van der Waals surface area (Å²) < 4.78 is 21.6. The van der Waals surface area contributed by atoms with Crippen LogP contribution in [0.1, 0.15) is 29.8 Å². The van der Waals surface area contributed by atoms with E-state index in [0.29, 0.717) is 50.9 Å². The fourth-order valence-corrected chi connectivity index (χ4v) is 2.97. The van der Waals surface area contributed by atoms with Gasteiger partial charge >= 0.3 is 6.09 Å². The van der Waals surface area contributed by atoms with Crippen molar-refractivity contribution < 1.29 is 33.3 Å². The van der Waals surface area contributed by atoms with Crippen molar-refractivity contribution in [2.24, 2.45) is 5.92 Å². The summed E-state index contributed by atoms with van der Waals surface area (Å²) in [6.45, 7) is 6.01. The highest BCUT2D eigenvalue weighted by Gasteiger charge is 2.24. The van der Waals surface area contributed by atoms with Crippen LogP contribution < -0.4 is 15.4 Å². The predicted octanol–water partition coefficient (Wildman–Crippen LogP) is 2.98. The molecule has 2 amide bonds. The summed E-state index contributed by atoms with van der Waals surface area (Å²) in [6.07, 6.45) is 0.139. The van der Waals surface area contributed by atoms with Crippen LogP contribution in [0.2, 0.25) is 0 Å². The second-order valence-corrected chi connectivity index (χ2v) is 7.98. The van der Waals surface area contributed by atoms with E-state index in [2.05, 4.69) is 10.6 Å². The van der Waals surface area contributed by atoms with Crippen LogP contribution in [0.25, 0.3) is 0 Å². The highest BCUT2D eigenvalue weighted by molar-refractivity contribution is 5.85. The summed E-state index contributed by atoms with van der Waals surface area (Å²) in [7, 11) is 0. The zero-order valence-electron chi connectivity index (χ0n) is 20.2. The summed E-state index contributed by atoms with van der Waals surface area (Å²) in [6, 6.07) is 15.4. The van der Waals surface area contributed by atoms with Crippen LogP contribution in [0.3, 0.4) is 0 Å². The fourth-order valence-electron chi connectivity index (χ4n) is 2.97. The topological polar surface area (TPSA) is 112 Å². The maximum Gasteiger partial charge on any atom is 0.408 e. The van der Waals surface area contributed by atoms with Gasteiger partial charge in [-0.2, -0.15) is 0 Å². The number of aldehydes is 1. The fraction of sp³-hybridized carbons (Fsp3) is 0.423. The van der Waals surface area contributed by atoms with Gasteiger partial charge < -0.3 is 29.6 Å². The first-order valence-corrected chi connectivity index (χ1v) is 11.6. The number of nitrogens with one attached hydrogen (secondary N) is 2. The molecule has 190 valence electrons. The minimum Gasteiger partial charge on any atom is -0.491 e. The van der Waals surface area contributed by atoms with E-state index in [9.17, 15) is 14.4 Å². The van der Waals surface area contributed by atoms with E-state index in [1.54, 1.807) is 24.3 Å². The number of hydrogen-bond donors (Lipinski definition) is 2. The van der Waals surface area contributed by atoms with E-state index in [-0.39, 0.29) is 18.4 Å². The third-order valence-electron chi connectivity index (χ3n) is 4.87. The van der Waals surface area contributed by atoms with Crippen molar-refractivity contribution in [2.75, 3.05) is 39.6 Å². The molecule has 0 saturated carbocycles. The smallest absolute Gasteiger partial charge is 0.408 e. The van der Waals surface area contributed by atoms with Crippen molar-refractivity contribution in [3.63, 3.8) is 0 Å². The number of benzene rings is 2. The quantitative estimate of drug-likeness (QED) is 0.277. The number of amides is 2. The average Bonchev–Trinajstić information content (AvgIpc) is 2.87. The van der Waals surface area contributed by atoms with Crippen LogP contribution >= 0.6 is 0 Å². The Balaban J connectivity index is 1.51. The molecule has 0 unspecified atom stereocenters. The molecule has 2 N–H and O–H groups in total. The lowest BCUT2D eigenvalue weighted by Gasteiger charge is -2.21. The molecule has 0 aliphatic carbocycles. The number of rotatable bonds is 16. The van der Waals surface area contributed by atoms with Crippen LogP contribution in [0.4, 0.5) is 4.79 Å². The van der Waals surface area contributed by atoms with Crippen LogP contribution in [-0.4, -0.2) is 63.9 Å². The summed E-state index contributed by atoms with van der Waals surface area (Å²) in [4.78, 5) is 35.2. The molecule has 2 rings (SSSR count). The van der Waals surface area contributed by atoms with Crippen molar-refractivity contribution in [1.82, 2.24) is 10.6 Å². The first-order valence-electron chi connectivity index (χ1n) is 11.6. The van der Waals surface area contributed by atoms with Gasteiger partial charge in [0.2, 0.25) is 5.91 Å². The Morgan fingerprint density at radius 1 is 0.886 bits per heavy atom. The number of carbonyl (C=O) groups is 3. The molecular formula is C26H34N2O7. The first-order chi connectivity index (χ1) is 17.0. The average molecular weight is 487 g/mol. The lowest BCUT2D eigenvalue weighted by Crippen LogP contribution is -2.50. The van der Waals surface area contributed by atoms with Gasteiger partial charge in [0, 0.05) is 12.1 Å². The van der Waals surface area contributed by atoms with Crippen LogP contribution in [-0.2, 0) is 25.6 Å². The Hall–Kier alpha value is -3.43. The molecule has 0 aliphatic rings. The van der Waals surface area contributed by atoms with E-state index >= 15 is 0 Å². The van der Waals surface area contributed by atoms with Gasteiger partial charge in [0.15, 0.2) is 0 Å². The Morgan fingerprint density at radius 2 is 1.54 bits per heavy atom.